The van der Waals surface area contributed by atoms with Gasteiger partial charge in [-0.15, -0.1) is 0 Å². The van der Waals surface area contributed by atoms with Crippen LogP contribution in [0.1, 0.15) is 42.4 Å². The molecule has 1 atom stereocenters. The molecule has 1 saturated heterocycles. The molecule has 6 nitrogen and oxygen atoms in total. The summed E-state index contributed by atoms with van der Waals surface area (Å²) in [4.78, 5) is 14.7. The zero-order chi connectivity index (χ0) is 24.6. The zero-order valence-corrected chi connectivity index (χ0v) is 21.3. The molecule has 2 aliphatic rings. The summed E-state index contributed by atoms with van der Waals surface area (Å²) in [5.74, 6) is 0.103. The second-order valence-electron chi connectivity index (χ2n) is 9.20. The van der Waals surface area contributed by atoms with Gasteiger partial charge >= 0.3 is 0 Å². The average molecular weight is 495 g/mol. The van der Waals surface area contributed by atoms with E-state index in [1.165, 1.54) is 5.56 Å². The van der Waals surface area contributed by atoms with Crippen LogP contribution in [-0.2, 0) is 16.0 Å². The Balaban J connectivity index is 1.42. The molecule has 0 spiro atoms. The van der Waals surface area contributed by atoms with Gasteiger partial charge in [-0.1, -0.05) is 54.6 Å². The molecule has 0 aromatic heterocycles. The lowest BCUT2D eigenvalue weighted by molar-refractivity contribution is -0.121. The van der Waals surface area contributed by atoms with Crippen LogP contribution >= 0.6 is 11.6 Å². The highest BCUT2D eigenvalue weighted by Gasteiger charge is 2.30. The minimum atomic E-state index is 0.103. The van der Waals surface area contributed by atoms with Crippen molar-refractivity contribution in [1.29, 1.82) is 0 Å². The third-order valence-corrected chi connectivity index (χ3v) is 6.99. The molecule has 7 heteroatoms. The van der Waals surface area contributed by atoms with E-state index in [2.05, 4.69) is 58.2 Å². The van der Waals surface area contributed by atoms with Gasteiger partial charge in [0, 0.05) is 61.8 Å². The number of hydrogen-bond acceptors (Lipinski definition) is 5. The summed E-state index contributed by atoms with van der Waals surface area (Å²) in [6.45, 7) is 8.26. The molecule has 35 heavy (non-hydrogen) atoms. The van der Waals surface area contributed by atoms with Crippen molar-refractivity contribution in [3.05, 3.63) is 76.8 Å². The fourth-order valence-corrected chi connectivity index (χ4v) is 4.96. The van der Waals surface area contributed by atoms with Crippen LogP contribution in [-0.4, -0.2) is 67.5 Å². The molecule has 1 amide bonds. The van der Waals surface area contributed by atoms with Gasteiger partial charge in [0.15, 0.2) is 0 Å². The maximum atomic E-state index is 12.3. The molecule has 4 rings (SSSR count). The monoisotopic (exact) mass is 494 g/mol. The number of likely N-dealkylation sites (tertiary alicyclic amines) is 1. The highest BCUT2D eigenvalue weighted by Crippen LogP contribution is 2.31. The Hall–Kier alpha value is -2.67. The maximum Gasteiger partial charge on any atom is 0.221 e. The highest BCUT2D eigenvalue weighted by molar-refractivity contribution is 6.30. The first-order chi connectivity index (χ1) is 17.0. The van der Waals surface area contributed by atoms with Crippen LogP contribution in [0.15, 0.2) is 60.2 Å². The number of carbonyl (C=O) groups excluding carboxylic acids is 1. The van der Waals surface area contributed by atoms with Crippen LogP contribution in [0.5, 0.6) is 0 Å². The largest absolute Gasteiger partial charge is 0.385 e. The lowest BCUT2D eigenvalue weighted by atomic mass is 9.94. The number of hydrazone groups is 1. The van der Waals surface area contributed by atoms with Crippen molar-refractivity contribution >= 4 is 28.9 Å². The SMILES string of the molecule is C=C1c2ccccc2C(Cc2ccc(Cl)cc2)=NN1CC1CCCN1CCC(=O)NCCCOC. The fraction of sp³-hybridized carbons (Fsp3) is 0.429. The molecule has 1 N–H and O–H groups in total. The molecule has 1 unspecified atom stereocenters. The van der Waals surface area contributed by atoms with E-state index >= 15 is 0 Å². The smallest absolute Gasteiger partial charge is 0.221 e. The predicted molar refractivity (Wildman–Crippen MR) is 143 cm³/mol. The van der Waals surface area contributed by atoms with Crippen molar-refractivity contribution in [1.82, 2.24) is 15.2 Å². The van der Waals surface area contributed by atoms with Crippen molar-refractivity contribution in [2.75, 3.05) is 39.9 Å². The fourth-order valence-electron chi connectivity index (χ4n) is 4.84. The van der Waals surface area contributed by atoms with Crippen LogP contribution in [0, 0.1) is 0 Å². The van der Waals surface area contributed by atoms with E-state index in [9.17, 15) is 4.79 Å². The molecule has 0 bridgehead atoms. The van der Waals surface area contributed by atoms with Gasteiger partial charge in [0.1, 0.15) is 0 Å². The van der Waals surface area contributed by atoms with E-state index in [-0.39, 0.29) is 5.91 Å². The zero-order valence-electron chi connectivity index (χ0n) is 20.5. The number of amides is 1. The van der Waals surface area contributed by atoms with Crippen molar-refractivity contribution in [3.63, 3.8) is 0 Å². The third-order valence-electron chi connectivity index (χ3n) is 6.74. The van der Waals surface area contributed by atoms with E-state index < -0.39 is 0 Å². The van der Waals surface area contributed by atoms with Crippen molar-refractivity contribution in [3.8, 4) is 0 Å². The Labute approximate surface area is 213 Å². The van der Waals surface area contributed by atoms with Gasteiger partial charge < -0.3 is 10.1 Å². The Morgan fingerprint density at radius 2 is 1.97 bits per heavy atom. The molecule has 2 aromatic carbocycles. The van der Waals surface area contributed by atoms with E-state index in [0.717, 1.165) is 72.9 Å². The number of nitrogens with one attached hydrogen (secondary N) is 1. The lowest BCUT2D eigenvalue weighted by Crippen LogP contribution is -2.41. The van der Waals surface area contributed by atoms with E-state index in [1.54, 1.807) is 7.11 Å². The van der Waals surface area contributed by atoms with Crippen LogP contribution in [0.2, 0.25) is 5.02 Å². The lowest BCUT2D eigenvalue weighted by Gasteiger charge is -2.34. The highest BCUT2D eigenvalue weighted by atomic mass is 35.5. The first-order valence-corrected chi connectivity index (χ1v) is 12.8. The van der Waals surface area contributed by atoms with Crippen molar-refractivity contribution in [2.45, 2.75) is 38.1 Å². The summed E-state index contributed by atoms with van der Waals surface area (Å²) in [6.07, 6.45) is 4.32. The quantitative estimate of drug-likeness (QED) is 0.464. The van der Waals surface area contributed by atoms with E-state index in [4.69, 9.17) is 21.4 Å². The van der Waals surface area contributed by atoms with Gasteiger partial charge in [-0.25, -0.2) is 0 Å². The van der Waals surface area contributed by atoms with Crippen molar-refractivity contribution in [2.24, 2.45) is 5.10 Å². The number of fused-ring (bicyclic) bond motifs is 1. The minimum absolute atomic E-state index is 0.103. The predicted octanol–water partition coefficient (Wildman–Crippen LogP) is 4.58. The average Bonchev–Trinajstić information content (AvgIpc) is 3.31. The summed E-state index contributed by atoms with van der Waals surface area (Å²) in [5.41, 5.74) is 5.41. The molecular formula is C28H35ClN4O2. The van der Waals surface area contributed by atoms with Crippen LogP contribution < -0.4 is 5.32 Å². The molecule has 0 radical (unpaired) electrons. The second-order valence-corrected chi connectivity index (χ2v) is 9.64. The Morgan fingerprint density at radius 3 is 2.74 bits per heavy atom. The summed E-state index contributed by atoms with van der Waals surface area (Å²) >= 11 is 6.08. The normalized spacial score (nSPS) is 17.9. The number of benzene rings is 2. The minimum Gasteiger partial charge on any atom is -0.385 e. The second kappa shape index (κ2) is 12.3. The molecule has 186 valence electrons. The summed E-state index contributed by atoms with van der Waals surface area (Å²) < 4.78 is 5.04. The van der Waals surface area contributed by atoms with Gasteiger partial charge in [-0.05, 0) is 43.5 Å². The maximum absolute atomic E-state index is 12.3. The summed E-state index contributed by atoms with van der Waals surface area (Å²) in [6, 6.07) is 16.7. The topological polar surface area (TPSA) is 57.2 Å². The number of carbonyl (C=O) groups is 1. The van der Waals surface area contributed by atoms with E-state index in [1.807, 2.05) is 12.1 Å². The van der Waals surface area contributed by atoms with Crippen LogP contribution in [0.4, 0.5) is 0 Å². The van der Waals surface area contributed by atoms with E-state index in [0.29, 0.717) is 25.6 Å². The van der Waals surface area contributed by atoms with Gasteiger partial charge in [0.05, 0.1) is 18.0 Å². The van der Waals surface area contributed by atoms with Gasteiger partial charge in [-0.2, -0.15) is 5.10 Å². The standard InChI is InChI=1S/C28H35ClN4O2/c1-21-25-8-3-4-9-26(25)27(19-22-10-12-23(29)13-11-22)31-33(21)20-24-7-5-16-32(24)17-14-28(34)30-15-6-18-35-2/h3-4,8-13,24H,1,5-7,14-20H2,2H3,(H,30,34). The Kier molecular flexibility index (Phi) is 8.96. The molecular weight excluding hydrogens is 460 g/mol. The first kappa shape index (κ1) is 25.4. The van der Waals surface area contributed by atoms with Crippen LogP contribution in [0.3, 0.4) is 0 Å². The van der Waals surface area contributed by atoms with Gasteiger partial charge in [-0.3, -0.25) is 14.7 Å². The number of methoxy groups -OCH3 is 1. The molecule has 2 aromatic rings. The van der Waals surface area contributed by atoms with Crippen molar-refractivity contribution < 1.29 is 9.53 Å². The van der Waals surface area contributed by atoms with Gasteiger partial charge in [0.25, 0.3) is 0 Å². The summed E-state index contributed by atoms with van der Waals surface area (Å²) in [5, 5.41) is 10.9. The summed E-state index contributed by atoms with van der Waals surface area (Å²) in [7, 11) is 1.68. The Bertz CT molecular complexity index is 1050. The number of halogens is 1. The number of ether oxygens (including phenoxy) is 1. The number of hydrogen-bond donors (Lipinski definition) is 1. The van der Waals surface area contributed by atoms with Crippen LogP contribution in [0.25, 0.3) is 5.70 Å². The molecule has 2 aliphatic heterocycles. The molecule has 0 aliphatic carbocycles. The third kappa shape index (κ3) is 6.72. The number of nitrogens with zero attached hydrogens (tertiary/aromatic N) is 3. The van der Waals surface area contributed by atoms with Gasteiger partial charge in [0.2, 0.25) is 5.91 Å². The number of rotatable bonds is 11. The molecule has 2 heterocycles. The Morgan fingerprint density at radius 1 is 1.20 bits per heavy atom. The molecule has 0 saturated carbocycles. The first-order valence-electron chi connectivity index (χ1n) is 12.4. The molecule has 1 fully saturated rings.